The van der Waals surface area contributed by atoms with E-state index >= 15 is 0 Å². The lowest BCUT2D eigenvalue weighted by atomic mass is 9.92. The Morgan fingerprint density at radius 2 is 1.63 bits per heavy atom. The third-order valence-electron chi connectivity index (χ3n) is 7.66. The van der Waals surface area contributed by atoms with Crippen molar-refractivity contribution in [2.45, 2.75) is 57.6 Å². The summed E-state index contributed by atoms with van der Waals surface area (Å²) in [5, 5.41) is 0. The number of nitrogens with zero attached hydrogens (tertiary/aromatic N) is 6. The molecular formula is C28H35F2N7O. The Morgan fingerprint density at radius 3 is 2.32 bits per heavy atom. The summed E-state index contributed by atoms with van der Waals surface area (Å²) < 4.78 is 34.2. The monoisotopic (exact) mass is 523 g/mol. The molecule has 3 aromatic rings. The molecule has 0 bridgehead atoms. The van der Waals surface area contributed by atoms with Crippen molar-refractivity contribution in [1.29, 1.82) is 0 Å². The van der Waals surface area contributed by atoms with Gasteiger partial charge in [-0.1, -0.05) is 13.3 Å². The number of benzene rings is 1. The lowest BCUT2D eigenvalue weighted by molar-refractivity contribution is 0.132. The zero-order chi connectivity index (χ0) is 26.6. The summed E-state index contributed by atoms with van der Waals surface area (Å²) in [5.74, 6) is 1.05. The van der Waals surface area contributed by atoms with Crippen LogP contribution < -0.4 is 20.3 Å². The van der Waals surface area contributed by atoms with Gasteiger partial charge in [0.05, 0.1) is 18.5 Å². The predicted molar refractivity (Wildman–Crippen MR) is 142 cm³/mol. The van der Waals surface area contributed by atoms with Gasteiger partial charge in [-0.2, -0.15) is 0 Å². The first kappa shape index (κ1) is 26.2. The second-order valence-electron chi connectivity index (χ2n) is 10.3. The first-order valence-electron chi connectivity index (χ1n) is 13.4. The molecule has 0 spiro atoms. The van der Waals surface area contributed by atoms with Crippen molar-refractivity contribution in [2.75, 3.05) is 36.0 Å². The zero-order valence-corrected chi connectivity index (χ0v) is 21.9. The van der Waals surface area contributed by atoms with Gasteiger partial charge in [0.25, 0.3) is 0 Å². The summed E-state index contributed by atoms with van der Waals surface area (Å²) in [5.41, 5.74) is 7.75. The number of aromatic nitrogens is 4. The van der Waals surface area contributed by atoms with Crippen molar-refractivity contribution >= 4 is 11.9 Å². The minimum Gasteiger partial charge on any atom is -0.487 e. The van der Waals surface area contributed by atoms with Gasteiger partial charge in [-0.3, -0.25) is 0 Å². The van der Waals surface area contributed by atoms with E-state index in [1.54, 1.807) is 12.4 Å². The molecule has 2 saturated heterocycles. The van der Waals surface area contributed by atoms with Crippen LogP contribution in [0.25, 0.3) is 0 Å². The van der Waals surface area contributed by atoms with Crippen LogP contribution in [-0.2, 0) is 6.42 Å². The first-order chi connectivity index (χ1) is 18.4. The molecular weight excluding hydrogens is 488 g/mol. The van der Waals surface area contributed by atoms with E-state index < -0.39 is 11.6 Å². The summed E-state index contributed by atoms with van der Waals surface area (Å²) in [6.07, 6.45) is 11.3. The SMILES string of the molecule is CCCc1cnc(N2CCC([C@H](C)Oc3cnc(N4CC(N)[C@@H](c5cc(F)ccc5F)C4)nc3)CC2)nc1. The van der Waals surface area contributed by atoms with E-state index in [9.17, 15) is 8.78 Å². The Morgan fingerprint density at radius 1 is 0.974 bits per heavy atom. The molecule has 2 aliphatic heterocycles. The Kier molecular flexibility index (Phi) is 7.97. The van der Waals surface area contributed by atoms with Crippen LogP contribution in [0.1, 0.15) is 50.2 Å². The van der Waals surface area contributed by atoms with Gasteiger partial charge in [0, 0.05) is 50.5 Å². The average Bonchev–Trinajstić information content (AvgIpc) is 3.32. The minimum absolute atomic E-state index is 0.0139. The third kappa shape index (κ3) is 5.85. The Balaban J connectivity index is 1.13. The summed E-state index contributed by atoms with van der Waals surface area (Å²) in [7, 11) is 0. The Hall–Kier alpha value is -3.40. The molecule has 38 heavy (non-hydrogen) atoms. The molecule has 2 N–H and O–H groups in total. The summed E-state index contributed by atoms with van der Waals surface area (Å²) >= 11 is 0. The molecule has 1 aromatic carbocycles. The van der Waals surface area contributed by atoms with Crippen LogP contribution in [-0.4, -0.2) is 58.3 Å². The van der Waals surface area contributed by atoms with Crippen molar-refractivity contribution in [2.24, 2.45) is 11.7 Å². The van der Waals surface area contributed by atoms with Gasteiger partial charge >= 0.3 is 0 Å². The molecule has 10 heteroatoms. The number of halogens is 2. The van der Waals surface area contributed by atoms with Crippen LogP contribution in [0.15, 0.2) is 43.0 Å². The number of nitrogens with two attached hydrogens (primary N) is 1. The standard InChI is InChI=1S/C28H35F2N7O/c1-3-4-19-12-32-27(33-13-19)36-9-7-20(8-10-36)18(2)38-22-14-34-28(35-15-22)37-16-24(26(31)17-37)23-11-21(29)5-6-25(23)30/h5-6,11-15,18,20,24,26H,3-4,7-10,16-17,31H2,1-2H3/t18-,24+,26?/m0/s1. The Bertz CT molecular complexity index is 1200. The number of aryl methyl sites for hydroxylation is 1. The fourth-order valence-electron chi connectivity index (χ4n) is 5.46. The average molecular weight is 524 g/mol. The normalized spacial score (nSPS) is 21.1. The molecule has 1 unspecified atom stereocenters. The van der Waals surface area contributed by atoms with Gasteiger partial charge in [0.15, 0.2) is 5.75 Å². The van der Waals surface area contributed by atoms with Crippen molar-refractivity contribution < 1.29 is 13.5 Å². The van der Waals surface area contributed by atoms with Crippen LogP contribution in [0.3, 0.4) is 0 Å². The predicted octanol–water partition coefficient (Wildman–Crippen LogP) is 4.11. The molecule has 0 saturated carbocycles. The quantitative estimate of drug-likeness (QED) is 0.472. The molecule has 5 rings (SSSR count). The largest absolute Gasteiger partial charge is 0.487 e. The molecule has 3 atom stereocenters. The number of hydrogen-bond acceptors (Lipinski definition) is 8. The van der Waals surface area contributed by atoms with Crippen LogP contribution in [0.4, 0.5) is 20.7 Å². The highest BCUT2D eigenvalue weighted by Gasteiger charge is 2.34. The van der Waals surface area contributed by atoms with E-state index in [1.165, 1.54) is 11.6 Å². The van der Waals surface area contributed by atoms with E-state index in [4.69, 9.17) is 10.5 Å². The van der Waals surface area contributed by atoms with Crippen molar-refractivity contribution in [3.63, 3.8) is 0 Å². The highest BCUT2D eigenvalue weighted by Crippen LogP contribution is 2.31. The van der Waals surface area contributed by atoms with E-state index in [0.29, 0.717) is 36.3 Å². The fourth-order valence-corrected chi connectivity index (χ4v) is 5.46. The number of hydrogen-bond donors (Lipinski definition) is 1. The zero-order valence-electron chi connectivity index (χ0n) is 21.9. The van der Waals surface area contributed by atoms with E-state index in [1.807, 2.05) is 17.3 Å². The highest BCUT2D eigenvalue weighted by molar-refractivity contribution is 5.39. The van der Waals surface area contributed by atoms with Crippen LogP contribution in [0.2, 0.25) is 0 Å². The van der Waals surface area contributed by atoms with Gasteiger partial charge in [0.1, 0.15) is 11.6 Å². The third-order valence-corrected chi connectivity index (χ3v) is 7.66. The van der Waals surface area contributed by atoms with Gasteiger partial charge in [-0.05, 0) is 61.4 Å². The molecule has 0 radical (unpaired) electrons. The lowest BCUT2D eigenvalue weighted by Gasteiger charge is -2.34. The first-order valence-corrected chi connectivity index (χ1v) is 13.4. The van der Waals surface area contributed by atoms with Gasteiger partial charge in [0.2, 0.25) is 11.9 Å². The highest BCUT2D eigenvalue weighted by atomic mass is 19.1. The fraction of sp³-hybridized carbons (Fsp3) is 0.500. The summed E-state index contributed by atoms with van der Waals surface area (Å²) in [6.45, 7) is 6.90. The summed E-state index contributed by atoms with van der Waals surface area (Å²) in [6, 6.07) is 3.13. The number of ether oxygens (including phenoxy) is 1. The van der Waals surface area contributed by atoms with Gasteiger partial charge in [-0.25, -0.2) is 28.7 Å². The molecule has 8 nitrogen and oxygen atoms in total. The van der Waals surface area contributed by atoms with Crippen LogP contribution in [0.5, 0.6) is 5.75 Å². The summed E-state index contributed by atoms with van der Waals surface area (Å²) in [4.78, 5) is 22.2. The molecule has 2 aromatic heterocycles. The van der Waals surface area contributed by atoms with Crippen molar-refractivity contribution in [3.8, 4) is 5.75 Å². The molecule has 202 valence electrons. The van der Waals surface area contributed by atoms with Gasteiger partial charge < -0.3 is 20.3 Å². The van der Waals surface area contributed by atoms with Crippen molar-refractivity contribution in [1.82, 2.24) is 19.9 Å². The van der Waals surface area contributed by atoms with E-state index in [0.717, 1.165) is 56.9 Å². The minimum atomic E-state index is -0.473. The number of rotatable bonds is 8. The molecule has 2 fully saturated rings. The van der Waals surface area contributed by atoms with E-state index in [2.05, 4.69) is 38.7 Å². The maximum Gasteiger partial charge on any atom is 0.225 e. The second-order valence-corrected chi connectivity index (χ2v) is 10.3. The van der Waals surface area contributed by atoms with Gasteiger partial charge in [-0.15, -0.1) is 0 Å². The van der Waals surface area contributed by atoms with E-state index in [-0.39, 0.29) is 18.1 Å². The molecule has 0 amide bonds. The maximum absolute atomic E-state index is 14.3. The number of anilines is 2. The van der Waals surface area contributed by atoms with Crippen LogP contribution in [0, 0.1) is 17.6 Å². The molecule has 2 aliphatic rings. The lowest BCUT2D eigenvalue weighted by Crippen LogP contribution is -2.39. The van der Waals surface area contributed by atoms with Crippen molar-refractivity contribution in [3.05, 3.63) is 65.7 Å². The molecule has 0 aliphatic carbocycles. The maximum atomic E-state index is 14.3. The molecule has 4 heterocycles. The smallest absolute Gasteiger partial charge is 0.225 e. The number of piperidine rings is 1. The topological polar surface area (TPSA) is 93.3 Å². The van der Waals surface area contributed by atoms with Crippen LogP contribution >= 0.6 is 0 Å². The second kappa shape index (κ2) is 11.6. The Labute approximate surface area is 222 Å².